The Kier molecular flexibility index (Phi) is 3.83. The van der Waals surface area contributed by atoms with Gasteiger partial charge in [-0.15, -0.1) is 0 Å². The molecule has 3 nitrogen and oxygen atoms in total. The first kappa shape index (κ1) is 14.7. The zero-order valence-corrected chi connectivity index (χ0v) is 13.3. The quantitative estimate of drug-likeness (QED) is 0.793. The van der Waals surface area contributed by atoms with E-state index in [2.05, 4.69) is 4.90 Å². The Morgan fingerprint density at radius 1 is 1.09 bits per heavy atom. The molecule has 1 aliphatic carbocycles. The molecule has 2 atom stereocenters. The molecular weight excluding hydrogens is 293 g/mol. The standard InChI is InChI=1S/C19H22FNO2/c20-15-4-8-18(9-5-15)23-12-19(22)21-16-6-7-17(21)11-14(10-16)13-2-1-3-13/h4-5,8-9,16-17H,1-3,6-7,10-12H2. The molecule has 0 spiro atoms. The van der Waals surface area contributed by atoms with Crippen LogP contribution in [-0.2, 0) is 4.79 Å². The van der Waals surface area contributed by atoms with E-state index in [1.807, 2.05) is 0 Å². The van der Waals surface area contributed by atoms with Crippen LogP contribution in [0.4, 0.5) is 4.39 Å². The number of nitrogens with zero attached hydrogens (tertiary/aromatic N) is 1. The number of amides is 1. The minimum Gasteiger partial charge on any atom is -0.484 e. The Balaban J connectivity index is 1.38. The van der Waals surface area contributed by atoms with Gasteiger partial charge in [-0.3, -0.25) is 4.79 Å². The number of benzene rings is 1. The number of halogens is 1. The van der Waals surface area contributed by atoms with Crippen LogP contribution in [0.5, 0.6) is 5.75 Å². The minimum absolute atomic E-state index is 0.0462. The van der Waals surface area contributed by atoms with Crippen molar-refractivity contribution in [2.75, 3.05) is 6.61 Å². The van der Waals surface area contributed by atoms with Crippen molar-refractivity contribution in [2.45, 2.75) is 57.0 Å². The lowest BCUT2D eigenvalue weighted by Crippen LogP contribution is -2.47. The number of hydrogen-bond acceptors (Lipinski definition) is 2. The van der Waals surface area contributed by atoms with Gasteiger partial charge in [-0.25, -0.2) is 4.39 Å². The molecule has 3 fully saturated rings. The Labute approximate surface area is 136 Å². The molecule has 2 saturated heterocycles. The number of piperidine rings is 1. The van der Waals surface area contributed by atoms with Crippen molar-refractivity contribution in [1.82, 2.24) is 4.90 Å². The fourth-order valence-electron chi connectivity index (χ4n) is 4.17. The van der Waals surface area contributed by atoms with Gasteiger partial charge in [0, 0.05) is 12.1 Å². The molecule has 1 aromatic rings. The van der Waals surface area contributed by atoms with Gasteiger partial charge in [-0.2, -0.15) is 0 Å². The van der Waals surface area contributed by atoms with E-state index < -0.39 is 0 Å². The summed E-state index contributed by atoms with van der Waals surface area (Å²) >= 11 is 0. The SMILES string of the molecule is O=C(COc1ccc(F)cc1)N1C2CCC1CC(=C1CCC1)C2. The smallest absolute Gasteiger partial charge is 0.261 e. The molecule has 2 unspecified atom stereocenters. The predicted molar refractivity (Wildman–Crippen MR) is 85.7 cm³/mol. The molecule has 4 rings (SSSR count). The van der Waals surface area contributed by atoms with E-state index in [1.54, 1.807) is 23.3 Å². The molecule has 1 amide bonds. The Bertz CT molecular complexity index is 615. The van der Waals surface area contributed by atoms with Gasteiger partial charge in [0.2, 0.25) is 0 Å². The van der Waals surface area contributed by atoms with Crippen LogP contribution in [0, 0.1) is 5.82 Å². The van der Waals surface area contributed by atoms with Gasteiger partial charge in [0.15, 0.2) is 6.61 Å². The zero-order chi connectivity index (χ0) is 15.8. The normalized spacial score (nSPS) is 26.2. The lowest BCUT2D eigenvalue weighted by Gasteiger charge is -2.38. The molecule has 0 aromatic heterocycles. The van der Waals surface area contributed by atoms with Crippen molar-refractivity contribution >= 4 is 5.91 Å². The van der Waals surface area contributed by atoms with Crippen LogP contribution >= 0.6 is 0 Å². The number of hydrogen-bond donors (Lipinski definition) is 0. The van der Waals surface area contributed by atoms with Gasteiger partial charge in [0.1, 0.15) is 11.6 Å². The molecule has 23 heavy (non-hydrogen) atoms. The summed E-state index contributed by atoms with van der Waals surface area (Å²) in [4.78, 5) is 14.6. The van der Waals surface area contributed by atoms with Crippen LogP contribution in [-0.4, -0.2) is 29.5 Å². The van der Waals surface area contributed by atoms with Gasteiger partial charge < -0.3 is 9.64 Å². The van der Waals surface area contributed by atoms with Crippen LogP contribution in [0.2, 0.25) is 0 Å². The molecule has 2 aliphatic heterocycles. The van der Waals surface area contributed by atoms with Crippen molar-refractivity contribution in [3.8, 4) is 5.75 Å². The summed E-state index contributed by atoms with van der Waals surface area (Å²) in [6.07, 6.45) is 8.24. The van der Waals surface area contributed by atoms with E-state index in [-0.39, 0.29) is 18.3 Å². The Morgan fingerprint density at radius 2 is 1.74 bits per heavy atom. The van der Waals surface area contributed by atoms with Gasteiger partial charge in [0.05, 0.1) is 0 Å². The highest BCUT2D eigenvalue weighted by molar-refractivity contribution is 5.79. The number of allylic oxidation sites excluding steroid dienone is 1. The van der Waals surface area contributed by atoms with E-state index in [4.69, 9.17) is 4.74 Å². The van der Waals surface area contributed by atoms with E-state index in [0.717, 1.165) is 25.7 Å². The number of carbonyl (C=O) groups excluding carboxylic acids is 1. The highest BCUT2D eigenvalue weighted by Gasteiger charge is 2.42. The number of fused-ring (bicyclic) bond motifs is 2. The summed E-state index contributed by atoms with van der Waals surface area (Å²) in [6.45, 7) is 0.0462. The fraction of sp³-hybridized carbons (Fsp3) is 0.526. The van der Waals surface area contributed by atoms with Gasteiger partial charge in [-0.05, 0) is 69.2 Å². The first-order valence-corrected chi connectivity index (χ1v) is 8.60. The molecule has 4 heteroatoms. The molecule has 0 radical (unpaired) electrons. The van der Waals surface area contributed by atoms with Crippen molar-refractivity contribution in [3.63, 3.8) is 0 Å². The summed E-state index contributed by atoms with van der Waals surface area (Å²) < 4.78 is 18.4. The second-order valence-corrected chi connectivity index (χ2v) is 6.90. The second kappa shape index (κ2) is 5.99. The number of ether oxygens (including phenoxy) is 1. The average molecular weight is 315 g/mol. The fourth-order valence-corrected chi connectivity index (χ4v) is 4.17. The lowest BCUT2D eigenvalue weighted by molar-refractivity contribution is -0.137. The van der Waals surface area contributed by atoms with Crippen LogP contribution in [0.3, 0.4) is 0 Å². The molecular formula is C19H22FNO2. The Morgan fingerprint density at radius 3 is 2.30 bits per heavy atom. The molecule has 0 N–H and O–H groups in total. The number of rotatable bonds is 3. The largest absolute Gasteiger partial charge is 0.484 e. The summed E-state index contributed by atoms with van der Waals surface area (Å²) in [5, 5.41) is 0. The second-order valence-electron chi connectivity index (χ2n) is 6.90. The third-order valence-electron chi connectivity index (χ3n) is 5.50. The van der Waals surface area contributed by atoms with Gasteiger partial charge in [-0.1, -0.05) is 11.1 Å². The summed E-state index contributed by atoms with van der Waals surface area (Å²) in [6, 6.07) is 6.55. The summed E-state index contributed by atoms with van der Waals surface area (Å²) in [5.41, 5.74) is 3.30. The van der Waals surface area contributed by atoms with Crippen molar-refractivity contribution < 1.29 is 13.9 Å². The maximum atomic E-state index is 12.9. The maximum absolute atomic E-state index is 12.9. The van der Waals surface area contributed by atoms with E-state index in [0.29, 0.717) is 17.8 Å². The molecule has 1 saturated carbocycles. The predicted octanol–water partition coefficient (Wildman–Crippen LogP) is 3.84. The Hall–Kier alpha value is -1.84. The molecule has 2 heterocycles. The highest BCUT2D eigenvalue weighted by atomic mass is 19.1. The molecule has 122 valence electrons. The van der Waals surface area contributed by atoms with Crippen LogP contribution in [0.15, 0.2) is 35.4 Å². The first-order valence-electron chi connectivity index (χ1n) is 8.60. The van der Waals surface area contributed by atoms with Crippen molar-refractivity contribution in [1.29, 1.82) is 0 Å². The van der Waals surface area contributed by atoms with Crippen LogP contribution in [0.1, 0.15) is 44.9 Å². The van der Waals surface area contributed by atoms with E-state index in [1.165, 1.54) is 31.4 Å². The van der Waals surface area contributed by atoms with Crippen LogP contribution < -0.4 is 4.74 Å². The van der Waals surface area contributed by atoms with Crippen molar-refractivity contribution in [2.24, 2.45) is 0 Å². The molecule has 3 aliphatic rings. The van der Waals surface area contributed by atoms with Crippen molar-refractivity contribution in [3.05, 3.63) is 41.2 Å². The minimum atomic E-state index is -0.297. The third-order valence-corrected chi connectivity index (χ3v) is 5.50. The van der Waals surface area contributed by atoms with Gasteiger partial charge >= 0.3 is 0 Å². The monoisotopic (exact) mass is 315 g/mol. The molecule has 2 bridgehead atoms. The van der Waals surface area contributed by atoms with E-state index in [9.17, 15) is 9.18 Å². The highest BCUT2D eigenvalue weighted by Crippen LogP contribution is 2.43. The van der Waals surface area contributed by atoms with E-state index >= 15 is 0 Å². The lowest BCUT2D eigenvalue weighted by atomic mass is 9.82. The summed E-state index contributed by atoms with van der Waals surface area (Å²) in [5.74, 6) is 0.315. The zero-order valence-electron chi connectivity index (χ0n) is 13.3. The third kappa shape index (κ3) is 2.87. The van der Waals surface area contributed by atoms with Gasteiger partial charge in [0.25, 0.3) is 5.91 Å². The van der Waals surface area contributed by atoms with Crippen LogP contribution in [0.25, 0.3) is 0 Å². The topological polar surface area (TPSA) is 29.5 Å². The first-order chi connectivity index (χ1) is 11.2. The summed E-state index contributed by atoms with van der Waals surface area (Å²) in [7, 11) is 0. The maximum Gasteiger partial charge on any atom is 0.261 e. The average Bonchev–Trinajstić information content (AvgIpc) is 2.76. The molecule has 1 aromatic carbocycles. The number of carbonyl (C=O) groups is 1.